The molecule has 4 heteroatoms. The molecule has 1 aromatic heterocycles. The molecule has 4 nitrogen and oxygen atoms in total. The second kappa shape index (κ2) is 6.09. The van der Waals surface area contributed by atoms with E-state index in [1.54, 1.807) is 12.5 Å². The van der Waals surface area contributed by atoms with Crippen molar-refractivity contribution < 1.29 is 9.21 Å². The Morgan fingerprint density at radius 2 is 2.05 bits per heavy atom. The zero-order valence-corrected chi connectivity index (χ0v) is 11.1. The van der Waals surface area contributed by atoms with E-state index in [0.29, 0.717) is 12.5 Å². The highest BCUT2D eigenvalue weighted by Crippen LogP contribution is 2.23. The Labute approximate surface area is 112 Å². The Balaban J connectivity index is 1.95. The number of hydrogen-bond donors (Lipinski definition) is 2. The maximum atomic E-state index is 11.8. The lowest BCUT2D eigenvalue weighted by Crippen LogP contribution is -2.28. The van der Waals surface area contributed by atoms with Crippen molar-refractivity contribution in [3.8, 4) is 0 Å². The molecule has 2 N–H and O–H groups in total. The molecule has 1 aromatic carbocycles. The van der Waals surface area contributed by atoms with E-state index in [1.165, 1.54) is 0 Å². The van der Waals surface area contributed by atoms with Crippen molar-refractivity contribution in [1.82, 2.24) is 5.32 Å². The molecule has 0 fully saturated rings. The molecule has 100 valence electrons. The van der Waals surface area contributed by atoms with Crippen molar-refractivity contribution in [3.63, 3.8) is 0 Å². The van der Waals surface area contributed by atoms with Gasteiger partial charge in [-0.1, -0.05) is 32.0 Å². The van der Waals surface area contributed by atoms with Crippen LogP contribution in [-0.2, 0) is 6.54 Å². The first-order chi connectivity index (χ1) is 9.16. The van der Waals surface area contributed by atoms with Crippen LogP contribution in [0.2, 0.25) is 0 Å². The number of carbonyl (C=O) groups excluding carboxylic acids is 1. The van der Waals surface area contributed by atoms with E-state index in [2.05, 4.69) is 24.5 Å². The summed E-state index contributed by atoms with van der Waals surface area (Å²) in [5, 5.41) is 5.66. The summed E-state index contributed by atoms with van der Waals surface area (Å²) in [4.78, 5) is 11.8. The Morgan fingerprint density at radius 1 is 1.26 bits per heavy atom. The first-order valence-electron chi connectivity index (χ1n) is 6.31. The molecule has 0 saturated carbocycles. The molecule has 2 rings (SSSR count). The molecule has 0 aliphatic heterocycles. The molecule has 0 aliphatic rings. The number of carbonyl (C=O) groups is 1. The minimum atomic E-state index is -0.214. The number of anilines is 1. The molecule has 1 heterocycles. The van der Waals surface area contributed by atoms with Crippen LogP contribution in [0.5, 0.6) is 0 Å². The van der Waals surface area contributed by atoms with Gasteiger partial charge < -0.3 is 15.1 Å². The van der Waals surface area contributed by atoms with Crippen LogP contribution in [0.4, 0.5) is 10.5 Å². The molecule has 0 bridgehead atoms. The van der Waals surface area contributed by atoms with Crippen molar-refractivity contribution in [3.05, 3.63) is 54.0 Å². The highest BCUT2D eigenvalue weighted by Gasteiger charge is 2.08. The Morgan fingerprint density at radius 3 is 2.74 bits per heavy atom. The first-order valence-corrected chi connectivity index (χ1v) is 6.31. The maximum Gasteiger partial charge on any atom is 0.319 e. The van der Waals surface area contributed by atoms with E-state index in [9.17, 15) is 4.79 Å². The van der Waals surface area contributed by atoms with Gasteiger partial charge in [-0.15, -0.1) is 0 Å². The SMILES string of the molecule is CC(C)c1ccccc1NC(=O)NCc1ccoc1. The molecule has 0 saturated heterocycles. The van der Waals surface area contributed by atoms with Gasteiger partial charge in [0.25, 0.3) is 0 Å². The van der Waals surface area contributed by atoms with Crippen LogP contribution >= 0.6 is 0 Å². The summed E-state index contributed by atoms with van der Waals surface area (Å²) in [5.41, 5.74) is 2.91. The lowest BCUT2D eigenvalue weighted by molar-refractivity contribution is 0.251. The summed E-state index contributed by atoms with van der Waals surface area (Å²) < 4.78 is 4.94. The van der Waals surface area contributed by atoms with Gasteiger partial charge in [-0.3, -0.25) is 0 Å². The van der Waals surface area contributed by atoms with Crippen molar-refractivity contribution >= 4 is 11.7 Å². The standard InChI is InChI=1S/C15H18N2O2/c1-11(2)13-5-3-4-6-14(13)17-15(18)16-9-12-7-8-19-10-12/h3-8,10-11H,9H2,1-2H3,(H2,16,17,18). The molecule has 19 heavy (non-hydrogen) atoms. The first kappa shape index (κ1) is 13.2. The average molecular weight is 258 g/mol. The third-order valence-corrected chi connectivity index (χ3v) is 2.86. The molecular weight excluding hydrogens is 240 g/mol. The number of amides is 2. The van der Waals surface area contributed by atoms with Gasteiger partial charge in [0.15, 0.2) is 0 Å². The summed E-state index contributed by atoms with van der Waals surface area (Å²) in [7, 11) is 0. The van der Waals surface area contributed by atoms with Gasteiger partial charge in [0.2, 0.25) is 0 Å². The van der Waals surface area contributed by atoms with Gasteiger partial charge >= 0.3 is 6.03 Å². The molecule has 2 amide bonds. The van der Waals surface area contributed by atoms with Crippen LogP contribution in [0.15, 0.2) is 47.3 Å². The zero-order chi connectivity index (χ0) is 13.7. The van der Waals surface area contributed by atoms with E-state index in [-0.39, 0.29) is 6.03 Å². The van der Waals surface area contributed by atoms with Gasteiger partial charge in [-0.2, -0.15) is 0 Å². The fraction of sp³-hybridized carbons (Fsp3) is 0.267. The lowest BCUT2D eigenvalue weighted by Gasteiger charge is -2.13. The fourth-order valence-electron chi connectivity index (χ4n) is 1.86. The molecule has 0 unspecified atom stereocenters. The predicted molar refractivity (Wildman–Crippen MR) is 75.1 cm³/mol. The van der Waals surface area contributed by atoms with Crippen LogP contribution in [0.3, 0.4) is 0 Å². The summed E-state index contributed by atoms with van der Waals surface area (Å²) in [5.74, 6) is 0.366. The Bertz CT molecular complexity index is 533. The third-order valence-electron chi connectivity index (χ3n) is 2.86. The zero-order valence-electron chi connectivity index (χ0n) is 11.1. The van der Waals surface area contributed by atoms with Crippen molar-refractivity contribution in [2.24, 2.45) is 0 Å². The number of rotatable bonds is 4. The minimum absolute atomic E-state index is 0.214. The van der Waals surface area contributed by atoms with E-state index < -0.39 is 0 Å². The number of benzene rings is 1. The Kier molecular flexibility index (Phi) is 4.23. The summed E-state index contributed by atoms with van der Waals surface area (Å²) >= 11 is 0. The fourth-order valence-corrected chi connectivity index (χ4v) is 1.86. The quantitative estimate of drug-likeness (QED) is 0.878. The van der Waals surface area contributed by atoms with Gasteiger partial charge in [-0.25, -0.2) is 4.79 Å². The smallest absolute Gasteiger partial charge is 0.319 e. The van der Waals surface area contributed by atoms with Crippen molar-refractivity contribution in [1.29, 1.82) is 0 Å². The van der Waals surface area contributed by atoms with Gasteiger partial charge in [-0.05, 0) is 23.6 Å². The van der Waals surface area contributed by atoms with E-state index in [4.69, 9.17) is 4.42 Å². The highest BCUT2D eigenvalue weighted by atomic mass is 16.3. The van der Waals surface area contributed by atoms with Crippen LogP contribution in [0.1, 0.15) is 30.9 Å². The number of urea groups is 1. The molecular formula is C15H18N2O2. The molecule has 0 atom stereocenters. The molecule has 0 spiro atoms. The summed E-state index contributed by atoms with van der Waals surface area (Å²) in [6.07, 6.45) is 3.20. The number of nitrogens with one attached hydrogen (secondary N) is 2. The third kappa shape index (κ3) is 3.61. The monoisotopic (exact) mass is 258 g/mol. The van der Waals surface area contributed by atoms with Crippen LogP contribution < -0.4 is 10.6 Å². The highest BCUT2D eigenvalue weighted by molar-refractivity contribution is 5.90. The summed E-state index contributed by atoms with van der Waals surface area (Å²) in [6, 6.07) is 9.43. The Hall–Kier alpha value is -2.23. The number of furan rings is 1. The van der Waals surface area contributed by atoms with E-state index in [1.807, 2.05) is 30.3 Å². The second-order valence-electron chi connectivity index (χ2n) is 4.68. The topological polar surface area (TPSA) is 54.3 Å². The van der Waals surface area contributed by atoms with Crippen LogP contribution in [0.25, 0.3) is 0 Å². The van der Waals surface area contributed by atoms with Gasteiger partial charge in [0.05, 0.1) is 12.5 Å². The molecule has 0 aliphatic carbocycles. The molecule has 2 aromatic rings. The normalized spacial score (nSPS) is 10.5. The largest absolute Gasteiger partial charge is 0.472 e. The van der Waals surface area contributed by atoms with Gasteiger partial charge in [0, 0.05) is 17.8 Å². The lowest BCUT2D eigenvalue weighted by atomic mass is 10.0. The van der Waals surface area contributed by atoms with Crippen LogP contribution in [-0.4, -0.2) is 6.03 Å². The minimum Gasteiger partial charge on any atom is -0.472 e. The van der Waals surface area contributed by atoms with Gasteiger partial charge in [0.1, 0.15) is 0 Å². The van der Waals surface area contributed by atoms with Crippen molar-refractivity contribution in [2.75, 3.05) is 5.32 Å². The maximum absolute atomic E-state index is 11.8. The molecule has 0 radical (unpaired) electrons. The number of hydrogen-bond acceptors (Lipinski definition) is 2. The predicted octanol–water partition coefficient (Wildman–Crippen LogP) is 3.72. The average Bonchev–Trinajstić information content (AvgIpc) is 2.90. The van der Waals surface area contributed by atoms with Crippen LogP contribution in [0, 0.1) is 0 Å². The second-order valence-corrected chi connectivity index (χ2v) is 4.68. The van der Waals surface area contributed by atoms with Crippen molar-refractivity contribution in [2.45, 2.75) is 26.3 Å². The number of para-hydroxylation sites is 1. The van der Waals surface area contributed by atoms with E-state index in [0.717, 1.165) is 16.8 Å². The van der Waals surface area contributed by atoms with E-state index >= 15 is 0 Å². The summed E-state index contributed by atoms with van der Waals surface area (Å²) in [6.45, 7) is 4.65.